The van der Waals surface area contributed by atoms with Crippen molar-refractivity contribution in [3.8, 4) is 0 Å². The van der Waals surface area contributed by atoms with Gasteiger partial charge in [0.2, 0.25) is 0 Å². The maximum Gasteiger partial charge on any atom is 0.0760 e. The van der Waals surface area contributed by atoms with E-state index < -0.39 is 6.10 Å². The Hall–Kier alpha value is 0.1000. The first kappa shape index (κ1) is 14.5. The Balaban J connectivity index is 2.11. The van der Waals surface area contributed by atoms with Crippen molar-refractivity contribution < 1.29 is 5.11 Å². The molecule has 0 radical (unpaired) electrons. The van der Waals surface area contributed by atoms with E-state index in [2.05, 4.69) is 31.9 Å². The van der Waals surface area contributed by atoms with E-state index in [4.69, 9.17) is 5.73 Å². The molecule has 1 saturated carbocycles. The van der Waals surface area contributed by atoms with Crippen LogP contribution >= 0.6 is 31.9 Å². The van der Waals surface area contributed by atoms with Gasteiger partial charge in [-0.05, 0) is 42.5 Å². The predicted molar refractivity (Wildman–Crippen MR) is 81.4 cm³/mol. The highest BCUT2D eigenvalue weighted by atomic mass is 79.9. The molecule has 100 valence electrons. The van der Waals surface area contributed by atoms with Gasteiger partial charge in [0.15, 0.2) is 0 Å². The monoisotopic (exact) mass is 375 g/mol. The van der Waals surface area contributed by atoms with Gasteiger partial charge in [-0.25, -0.2) is 0 Å². The van der Waals surface area contributed by atoms with Gasteiger partial charge in [0.05, 0.1) is 12.1 Å². The Bertz CT molecular complexity index is 385. The lowest BCUT2D eigenvalue weighted by molar-refractivity contribution is 0.0618. The van der Waals surface area contributed by atoms with E-state index >= 15 is 0 Å². The molecule has 1 aromatic carbocycles. The van der Waals surface area contributed by atoms with Gasteiger partial charge in [-0.2, -0.15) is 0 Å². The van der Waals surface area contributed by atoms with E-state index in [1.165, 1.54) is 19.3 Å². The summed E-state index contributed by atoms with van der Waals surface area (Å²) in [5.41, 5.74) is 7.20. The lowest BCUT2D eigenvalue weighted by atomic mass is 9.81. The molecule has 4 heteroatoms. The third-order valence-electron chi connectivity index (χ3n) is 3.77. The molecule has 0 spiro atoms. The molecule has 0 amide bonds. The number of hydrogen-bond acceptors (Lipinski definition) is 2. The lowest BCUT2D eigenvalue weighted by Crippen LogP contribution is -2.34. The lowest BCUT2D eigenvalue weighted by Gasteiger charge is -2.30. The standard InChI is InChI=1S/C14H19Br2NO/c15-11-6-10(7-12(16)8-11)13(17)14(18)9-4-2-1-3-5-9/h6-9,13-14,18H,1-5,17H2/t13-,14+/m1/s1. The van der Waals surface area contributed by atoms with Gasteiger partial charge in [-0.3, -0.25) is 0 Å². The van der Waals surface area contributed by atoms with Crippen LogP contribution in [0.4, 0.5) is 0 Å². The molecule has 1 aliphatic carbocycles. The molecule has 1 aromatic rings. The zero-order valence-electron chi connectivity index (χ0n) is 10.3. The van der Waals surface area contributed by atoms with E-state index in [0.29, 0.717) is 5.92 Å². The normalized spacial score (nSPS) is 20.7. The topological polar surface area (TPSA) is 46.2 Å². The number of aliphatic hydroxyl groups excluding tert-OH is 1. The zero-order chi connectivity index (χ0) is 13.1. The Labute approximate surface area is 125 Å². The molecule has 18 heavy (non-hydrogen) atoms. The Kier molecular flexibility index (Phi) is 5.24. The molecule has 2 atom stereocenters. The fourth-order valence-electron chi connectivity index (χ4n) is 2.73. The molecule has 3 N–H and O–H groups in total. The molecule has 0 aromatic heterocycles. The summed E-state index contributed by atoms with van der Waals surface area (Å²) >= 11 is 6.92. The van der Waals surface area contributed by atoms with Gasteiger partial charge in [-0.1, -0.05) is 51.1 Å². The third-order valence-corrected chi connectivity index (χ3v) is 4.69. The number of nitrogens with two attached hydrogens (primary N) is 1. The summed E-state index contributed by atoms with van der Waals surface area (Å²) in [5.74, 6) is 0.353. The first-order valence-electron chi connectivity index (χ1n) is 6.47. The summed E-state index contributed by atoms with van der Waals surface area (Å²) in [6.07, 6.45) is 5.49. The predicted octanol–water partition coefficient (Wildman–Crippen LogP) is 4.15. The largest absolute Gasteiger partial charge is 0.391 e. The van der Waals surface area contributed by atoms with Gasteiger partial charge >= 0.3 is 0 Å². The minimum Gasteiger partial charge on any atom is -0.391 e. The van der Waals surface area contributed by atoms with Gasteiger partial charge in [0.1, 0.15) is 0 Å². The Morgan fingerprint density at radius 2 is 1.61 bits per heavy atom. The molecule has 2 nitrogen and oxygen atoms in total. The minimum absolute atomic E-state index is 0.304. The van der Waals surface area contributed by atoms with Crippen LogP contribution in [0.25, 0.3) is 0 Å². The minimum atomic E-state index is -0.438. The number of halogens is 2. The van der Waals surface area contributed by atoms with Crippen molar-refractivity contribution in [2.45, 2.75) is 44.2 Å². The Morgan fingerprint density at radius 3 is 2.17 bits per heavy atom. The van der Waals surface area contributed by atoms with E-state index in [0.717, 1.165) is 27.4 Å². The quantitative estimate of drug-likeness (QED) is 0.832. The molecule has 1 aliphatic rings. The fraction of sp³-hybridized carbons (Fsp3) is 0.571. The molecule has 1 fully saturated rings. The van der Waals surface area contributed by atoms with E-state index in [9.17, 15) is 5.11 Å². The average Bonchev–Trinajstić information content (AvgIpc) is 2.37. The van der Waals surface area contributed by atoms with Crippen LogP contribution in [0, 0.1) is 5.92 Å². The van der Waals surface area contributed by atoms with Crippen LogP contribution in [0.5, 0.6) is 0 Å². The summed E-state index contributed by atoms with van der Waals surface area (Å²) in [4.78, 5) is 0. The second kappa shape index (κ2) is 6.51. The molecular formula is C14H19Br2NO. The van der Waals surface area contributed by atoms with Crippen LogP contribution in [0.1, 0.15) is 43.7 Å². The summed E-state index contributed by atoms with van der Waals surface area (Å²) in [5, 5.41) is 10.4. The second-order valence-electron chi connectivity index (χ2n) is 5.12. The summed E-state index contributed by atoms with van der Waals surface area (Å²) in [6, 6.07) is 5.65. The molecule has 0 saturated heterocycles. The van der Waals surface area contributed by atoms with Crippen molar-refractivity contribution in [2.24, 2.45) is 11.7 Å². The molecule has 0 bridgehead atoms. The SMILES string of the molecule is N[C@H](c1cc(Br)cc(Br)c1)[C@@H](O)C1CCCCC1. The third kappa shape index (κ3) is 3.56. The summed E-state index contributed by atoms with van der Waals surface area (Å²) in [7, 11) is 0. The van der Waals surface area contributed by atoms with Gasteiger partial charge < -0.3 is 10.8 Å². The zero-order valence-corrected chi connectivity index (χ0v) is 13.5. The van der Waals surface area contributed by atoms with Gasteiger partial charge in [-0.15, -0.1) is 0 Å². The van der Waals surface area contributed by atoms with Gasteiger partial charge in [0, 0.05) is 8.95 Å². The fourth-order valence-corrected chi connectivity index (χ4v) is 4.06. The molecule has 0 aliphatic heterocycles. The Morgan fingerprint density at radius 1 is 1.06 bits per heavy atom. The second-order valence-corrected chi connectivity index (χ2v) is 6.95. The van der Waals surface area contributed by atoms with Crippen molar-refractivity contribution in [3.05, 3.63) is 32.7 Å². The van der Waals surface area contributed by atoms with Crippen molar-refractivity contribution in [2.75, 3.05) is 0 Å². The average molecular weight is 377 g/mol. The van der Waals surface area contributed by atoms with Crippen molar-refractivity contribution in [1.29, 1.82) is 0 Å². The van der Waals surface area contributed by atoms with Crippen LogP contribution in [-0.4, -0.2) is 11.2 Å². The number of hydrogen-bond donors (Lipinski definition) is 2. The maximum absolute atomic E-state index is 10.4. The first-order chi connectivity index (χ1) is 8.58. The highest BCUT2D eigenvalue weighted by Crippen LogP contribution is 2.33. The van der Waals surface area contributed by atoms with E-state index in [1.807, 2.05) is 18.2 Å². The van der Waals surface area contributed by atoms with Crippen molar-refractivity contribution >= 4 is 31.9 Å². The summed E-state index contributed by atoms with van der Waals surface area (Å²) in [6.45, 7) is 0. The first-order valence-corrected chi connectivity index (χ1v) is 8.06. The van der Waals surface area contributed by atoms with Crippen LogP contribution < -0.4 is 5.73 Å². The number of aliphatic hydroxyl groups is 1. The van der Waals surface area contributed by atoms with E-state index in [1.54, 1.807) is 0 Å². The van der Waals surface area contributed by atoms with Crippen LogP contribution in [-0.2, 0) is 0 Å². The highest BCUT2D eigenvalue weighted by Gasteiger charge is 2.27. The highest BCUT2D eigenvalue weighted by molar-refractivity contribution is 9.11. The number of rotatable bonds is 3. The van der Waals surface area contributed by atoms with Gasteiger partial charge in [0.25, 0.3) is 0 Å². The van der Waals surface area contributed by atoms with Crippen molar-refractivity contribution in [1.82, 2.24) is 0 Å². The number of benzene rings is 1. The van der Waals surface area contributed by atoms with E-state index in [-0.39, 0.29) is 6.04 Å². The molecule has 0 heterocycles. The molecular weight excluding hydrogens is 358 g/mol. The summed E-state index contributed by atoms with van der Waals surface area (Å²) < 4.78 is 1.97. The molecule has 2 rings (SSSR count). The van der Waals surface area contributed by atoms with Crippen LogP contribution in [0.3, 0.4) is 0 Å². The van der Waals surface area contributed by atoms with Crippen LogP contribution in [0.2, 0.25) is 0 Å². The van der Waals surface area contributed by atoms with Crippen LogP contribution in [0.15, 0.2) is 27.1 Å². The maximum atomic E-state index is 10.4. The molecule has 0 unspecified atom stereocenters. The smallest absolute Gasteiger partial charge is 0.0760 e. The van der Waals surface area contributed by atoms with Crippen molar-refractivity contribution in [3.63, 3.8) is 0 Å².